The van der Waals surface area contributed by atoms with Crippen molar-refractivity contribution in [2.75, 3.05) is 19.5 Å². The average Bonchev–Trinajstić information content (AvgIpc) is 2.68. The highest BCUT2D eigenvalue weighted by Gasteiger charge is 2.28. The topological polar surface area (TPSA) is 142 Å². The summed E-state index contributed by atoms with van der Waals surface area (Å²) in [6.07, 6.45) is 2.72. The number of hydrazine groups is 1. The number of anilines is 1. The Bertz CT molecular complexity index is 673. The molecule has 0 aromatic carbocycles. The SMILES string of the molecule is COc1nc(O[C@H]2CC[C@@H](C(=O)OC)CC2)ccc1NC(=O)C(=O)NN. The van der Waals surface area contributed by atoms with E-state index in [2.05, 4.69) is 10.3 Å². The van der Waals surface area contributed by atoms with Gasteiger partial charge in [-0.1, -0.05) is 0 Å². The molecular weight excluding hydrogens is 344 g/mol. The number of nitrogens with two attached hydrogens (primary N) is 1. The standard InChI is InChI=1S/C16H22N4O6/c1-24-15-11(18-13(21)14(22)20-17)7-8-12(19-15)26-10-5-3-9(4-6-10)16(23)25-2/h7-10H,3-6,17H2,1-2H3,(H,18,21)(H,20,22)/t9-,10+. The Kier molecular flexibility index (Phi) is 6.73. The van der Waals surface area contributed by atoms with Gasteiger partial charge >= 0.3 is 17.8 Å². The van der Waals surface area contributed by atoms with Crippen LogP contribution in [0.1, 0.15) is 25.7 Å². The van der Waals surface area contributed by atoms with Crippen LogP contribution in [-0.2, 0) is 19.1 Å². The van der Waals surface area contributed by atoms with Crippen molar-refractivity contribution in [1.29, 1.82) is 0 Å². The van der Waals surface area contributed by atoms with E-state index in [1.165, 1.54) is 20.3 Å². The number of esters is 1. The van der Waals surface area contributed by atoms with Gasteiger partial charge in [0.05, 0.1) is 20.1 Å². The van der Waals surface area contributed by atoms with Gasteiger partial charge in [-0.05, 0) is 31.7 Å². The van der Waals surface area contributed by atoms with Crippen LogP contribution < -0.4 is 26.1 Å². The van der Waals surface area contributed by atoms with Gasteiger partial charge in [0, 0.05) is 6.07 Å². The number of carbonyl (C=O) groups excluding carboxylic acids is 3. The Labute approximate surface area is 150 Å². The van der Waals surface area contributed by atoms with Crippen LogP contribution in [0.2, 0.25) is 0 Å². The van der Waals surface area contributed by atoms with Crippen molar-refractivity contribution in [3.05, 3.63) is 12.1 Å². The van der Waals surface area contributed by atoms with Crippen LogP contribution in [0.5, 0.6) is 11.8 Å². The van der Waals surface area contributed by atoms with Gasteiger partial charge < -0.3 is 19.5 Å². The molecule has 142 valence electrons. The van der Waals surface area contributed by atoms with Gasteiger partial charge in [-0.25, -0.2) is 5.84 Å². The highest BCUT2D eigenvalue weighted by Crippen LogP contribution is 2.30. The van der Waals surface area contributed by atoms with Crippen LogP contribution in [0, 0.1) is 5.92 Å². The second-order valence-corrected chi connectivity index (χ2v) is 5.75. The zero-order valence-electron chi connectivity index (χ0n) is 14.6. The third-order valence-corrected chi connectivity index (χ3v) is 4.11. The Hall–Kier alpha value is -2.88. The summed E-state index contributed by atoms with van der Waals surface area (Å²) in [7, 11) is 2.77. The predicted molar refractivity (Wildman–Crippen MR) is 90.1 cm³/mol. The smallest absolute Gasteiger partial charge is 0.323 e. The molecule has 0 saturated heterocycles. The summed E-state index contributed by atoms with van der Waals surface area (Å²) in [4.78, 5) is 38.5. The van der Waals surface area contributed by atoms with E-state index in [0.717, 1.165) is 0 Å². The molecule has 2 rings (SSSR count). The van der Waals surface area contributed by atoms with E-state index >= 15 is 0 Å². The first-order chi connectivity index (χ1) is 12.5. The quantitative estimate of drug-likeness (QED) is 0.219. The van der Waals surface area contributed by atoms with Crippen LogP contribution in [0.25, 0.3) is 0 Å². The summed E-state index contributed by atoms with van der Waals surface area (Å²) in [5, 5.41) is 2.34. The van der Waals surface area contributed by atoms with E-state index in [1.54, 1.807) is 11.5 Å². The molecule has 0 radical (unpaired) electrons. The van der Waals surface area contributed by atoms with E-state index in [9.17, 15) is 14.4 Å². The van der Waals surface area contributed by atoms with Crippen LogP contribution in [0.4, 0.5) is 5.69 Å². The Morgan fingerprint density at radius 1 is 1.12 bits per heavy atom. The summed E-state index contributed by atoms with van der Waals surface area (Å²) in [5.74, 6) is 3.12. The maximum Gasteiger partial charge on any atom is 0.323 e. The number of ether oxygens (including phenoxy) is 3. The number of hydrogen-bond donors (Lipinski definition) is 3. The molecule has 0 spiro atoms. The largest absolute Gasteiger partial charge is 0.479 e. The summed E-state index contributed by atoms with van der Waals surface area (Å²) >= 11 is 0. The minimum absolute atomic E-state index is 0.0726. The van der Waals surface area contributed by atoms with E-state index in [1.807, 2.05) is 0 Å². The average molecular weight is 366 g/mol. The first-order valence-electron chi connectivity index (χ1n) is 8.10. The van der Waals surface area contributed by atoms with Gasteiger partial charge in [0.15, 0.2) is 0 Å². The lowest BCUT2D eigenvalue weighted by Crippen LogP contribution is -2.39. The molecule has 1 aliphatic carbocycles. The summed E-state index contributed by atoms with van der Waals surface area (Å²) in [6.45, 7) is 0. The molecule has 1 aromatic heterocycles. The highest BCUT2D eigenvalue weighted by atomic mass is 16.5. The van der Waals surface area contributed by atoms with Crippen LogP contribution in [-0.4, -0.2) is 43.1 Å². The number of methoxy groups -OCH3 is 2. The number of hydrogen-bond acceptors (Lipinski definition) is 8. The Morgan fingerprint density at radius 3 is 2.38 bits per heavy atom. The van der Waals surface area contributed by atoms with Gasteiger partial charge in [-0.3, -0.25) is 19.8 Å². The van der Waals surface area contributed by atoms with Gasteiger partial charge in [-0.2, -0.15) is 4.98 Å². The second kappa shape index (κ2) is 8.99. The van der Waals surface area contributed by atoms with Gasteiger partial charge in [0.25, 0.3) is 0 Å². The summed E-state index contributed by atoms with van der Waals surface area (Å²) in [5.41, 5.74) is 1.94. The van der Waals surface area contributed by atoms with Crippen molar-refractivity contribution in [2.24, 2.45) is 11.8 Å². The Morgan fingerprint density at radius 2 is 1.81 bits per heavy atom. The summed E-state index contributed by atoms with van der Waals surface area (Å²) < 4.78 is 15.7. The lowest BCUT2D eigenvalue weighted by molar-refractivity contribution is -0.147. The zero-order chi connectivity index (χ0) is 19.1. The molecule has 10 nitrogen and oxygen atoms in total. The molecule has 0 unspecified atom stereocenters. The number of nitrogens with zero attached hydrogens (tertiary/aromatic N) is 1. The molecule has 0 bridgehead atoms. The molecule has 0 aliphatic heterocycles. The van der Waals surface area contributed by atoms with Crippen molar-refractivity contribution in [3.8, 4) is 11.8 Å². The molecule has 26 heavy (non-hydrogen) atoms. The molecule has 1 aromatic rings. The van der Waals surface area contributed by atoms with Crippen molar-refractivity contribution in [3.63, 3.8) is 0 Å². The molecule has 10 heteroatoms. The highest BCUT2D eigenvalue weighted by molar-refractivity contribution is 6.39. The molecule has 1 saturated carbocycles. The monoisotopic (exact) mass is 366 g/mol. The van der Waals surface area contributed by atoms with E-state index in [-0.39, 0.29) is 29.6 Å². The molecule has 1 aliphatic rings. The van der Waals surface area contributed by atoms with Crippen molar-refractivity contribution < 1.29 is 28.6 Å². The molecular formula is C16H22N4O6. The third kappa shape index (κ3) is 4.82. The van der Waals surface area contributed by atoms with Crippen molar-refractivity contribution in [2.45, 2.75) is 31.8 Å². The molecule has 1 heterocycles. The van der Waals surface area contributed by atoms with Gasteiger partial charge in [0.2, 0.25) is 11.8 Å². The van der Waals surface area contributed by atoms with E-state index in [0.29, 0.717) is 31.6 Å². The predicted octanol–water partition coefficient (Wildman–Crippen LogP) is 0.129. The maximum absolute atomic E-state index is 11.6. The number of aromatic nitrogens is 1. The fourth-order valence-corrected chi connectivity index (χ4v) is 2.74. The van der Waals surface area contributed by atoms with Gasteiger partial charge in [-0.15, -0.1) is 0 Å². The fourth-order valence-electron chi connectivity index (χ4n) is 2.74. The van der Waals surface area contributed by atoms with Crippen LogP contribution in [0.15, 0.2) is 12.1 Å². The van der Waals surface area contributed by atoms with Crippen LogP contribution in [0.3, 0.4) is 0 Å². The zero-order valence-corrected chi connectivity index (χ0v) is 14.6. The number of rotatable bonds is 5. The minimum Gasteiger partial charge on any atom is -0.479 e. The molecule has 2 amide bonds. The number of amides is 2. The number of nitrogens with one attached hydrogen (secondary N) is 2. The van der Waals surface area contributed by atoms with Crippen LogP contribution >= 0.6 is 0 Å². The second-order valence-electron chi connectivity index (χ2n) is 5.75. The third-order valence-electron chi connectivity index (χ3n) is 4.11. The fraction of sp³-hybridized carbons (Fsp3) is 0.500. The summed E-state index contributed by atoms with van der Waals surface area (Å²) in [6, 6.07) is 3.08. The van der Waals surface area contributed by atoms with E-state index in [4.69, 9.17) is 20.1 Å². The first-order valence-corrected chi connectivity index (χ1v) is 8.10. The molecule has 4 N–H and O–H groups in total. The van der Waals surface area contributed by atoms with Crippen molar-refractivity contribution >= 4 is 23.5 Å². The minimum atomic E-state index is -0.991. The van der Waals surface area contributed by atoms with E-state index < -0.39 is 11.8 Å². The lowest BCUT2D eigenvalue weighted by Gasteiger charge is -2.27. The number of carbonyl (C=O) groups is 3. The van der Waals surface area contributed by atoms with Crippen molar-refractivity contribution in [1.82, 2.24) is 10.4 Å². The molecule has 1 fully saturated rings. The Balaban J connectivity index is 1.98. The first kappa shape index (κ1) is 19.4. The maximum atomic E-state index is 11.6. The normalized spacial score (nSPS) is 19.2. The number of pyridine rings is 1. The molecule has 0 atom stereocenters. The van der Waals surface area contributed by atoms with Gasteiger partial charge in [0.1, 0.15) is 11.8 Å². The lowest BCUT2D eigenvalue weighted by atomic mass is 9.87.